The van der Waals surface area contributed by atoms with Gasteiger partial charge in [-0.05, 0) is 86.3 Å². The number of hydrogen-bond donors (Lipinski definition) is 0. The molecule has 2 aromatic heterocycles. The Labute approximate surface area is 218 Å². The normalized spacial score (nSPS) is 17.4. The van der Waals surface area contributed by atoms with Crippen LogP contribution in [0.1, 0.15) is 48.6 Å². The molecule has 4 nitrogen and oxygen atoms in total. The first-order chi connectivity index (χ1) is 17.4. The smallest absolute Gasteiger partial charge is 0.237 e. The summed E-state index contributed by atoms with van der Waals surface area (Å²) in [6.45, 7) is 5.51. The number of fused-ring (bicyclic) bond motifs is 3. The average molecular weight is 517 g/mol. The number of piperidine rings is 1. The Morgan fingerprint density at radius 1 is 0.917 bits per heavy atom. The van der Waals surface area contributed by atoms with E-state index in [1.54, 1.807) is 16.4 Å². The lowest BCUT2D eigenvalue weighted by molar-refractivity contribution is 0.288. The highest BCUT2D eigenvalue weighted by atomic mass is 32.2. The predicted molar refractivity (Wildman–Crippen MR) is 149 cm³/mol. The van der Waals surface area contributed by atoms with Crippen LogP contribution in [0.25, 0.3) is 32.6 Å². The molecule has 2 aliphatic rings. The van der Waals surface area contributed by atoms with Crippen LogP contribution in [0.3, 0.4) is 0 Å². The van der Waals surface area contributed by atoms with Gasteiger partial charge in [0.15, 0.2) is 0 Å². The van der Waals surface area contributed by atoms with Gasteiger partial charge in [-0.3, -0.25) is 0 Å². The van der Waals surface area contributed by atoms with E-state index in [4.69, 9.17) is 4.98 Å². The largest absolute Gasteiger partial charge is 0.243 e. The van der Waals surface area contributed by atoms with E-state index in [0.717, 1.165) is 41.8 Å². The molecule has 1 aliphatic carbocycles. The first-order valence-electron chi connectivity index (χ1n) is 13.0. The van der Waals surface area contributed by atoms with E-state index in [0.29, 0.717) is 23.9 Å². The molecule has 2 aromatic carbocycles. The fourth-order valence-electron chi connectivity index (χ4n) is 5.54. The van der Waals surface area contributed by atoms with Gasteiger partial charge in [-0.1, -0.05) is 48.9 Å². The zero-order valence-electron chi connectivity index (χ0n) is 21.0. The molecule has 0 radical (unpaired) electrons. The molecule has 36 heavy (non-hydrogen) atoms. The second-order valence-corrected chi connectivity index (χ2v) is 13.4. The zero-order chi connectivity index (χ0) is 24.9. The van der Waals surface area contributed by atoms with Crippen molar-refractivity contribution in [2.24, 2.45) is 5.92 Å². The van der Waals surface area contributed by atoms with Gasteiger partial charge in [0.25, 0.3) is 0 Å². The number of thiophene rings is 1. The Kier molecular flexibility index (Phi) is 6.22. The summed E-state index contributed by atoms with van der Waals surface area (Å²) in [7, 11) is -3.46. The van der Waals surface area contributed by atoms with Crippen LogP contribution in [0, 0.1) is 12.8 Å². The molecule has 0 bridgehead atoms. The minimum Gasteiger partial charge on any atom is -0.237 e. The summed E-state index contributed by atoms with van der Waals surface area (Å²) in [5.41, 5.74) is 7.01. The van der Waals surface area contributed by atoms with Crippen LogP contribution in [0.4, 0.5) is 0 Å². The maximum absolute atomic E-state index is 13.2. The molecule has 0 saturated carbocycles. The number of pyridine rings is 1. The van der Waals surface area contributed by atoms with E-state index in [9.17, 15) is 8.42 Å². The fourth-order valence-corrected chi connectivity index (χ4v) is 8.30. The van der Waals surface area contributed by atoms with E-state index in [1.807, 2.05) is 23.5 Å². The summed E-state index contributed by atoms with van der Waals surface area (Å²) < 4.78 is 28.1. The third kappa shape index (κ3) is 4.29. The van der Waals surface area contributed by atoms with E-state index in [1.165, 1.54) is 45.4 Å². The van der Waals surface area contributed by atoms with Crippen LogP contribution < -0.4 is 0 Å². The highest BCUT2D eigenvalue weighted by molar-refractivity contribution is 7.89. The first kappa shape index (κ1) is 23.8. The Balaban J connectivity index is 1.42. The number of nitrogens with zero attached hydrogens (tertiary/aromatic N) is 2. The van der Waals surface area contributed by atoms with Crippen LogP contribution in [-0.4, -0.2) is 30.8 Å². The molecule has 6 rings (SSSR count). The Morgan fingerprint density at radius 2 is 1.58 bits per heavy atom. The molecule has 0 atom stereocenters. The van der Waals surface area contributed by atoms with Crippen molar-refractivity contribution < 1.29 is 8.42 Å². The van der Waals surface area contributed by atoms with Crippen molar-refractivity contribution in [2.75, 3.05) is 13.1 Å². The van der Waals surface area contributed by atoms with E-state index in [-0.39, 0.29) is 0 Å². The summed E-state index contributed by atoms with van der Waals surface area (Å²) >= 11 is 1.83. The van der Waals surface area contributed by atoms with Gasteiger partial charge < -0.3 is 0 Å². The lowest BCUT2D eigenvalue weighted by atomic mass is 9.92. The van der Waals surface area contributed by atoms with Gasteiger partial charge in [0.05, 0.1) is 10.6 Å². The van der Waals surface area contributed by atoms with Gasteiger partial charge in [-0.2, -0.15) is 4.31 Å². The second kappa shape index (κ2) is 9.40. The molecular weight excluding hydrogens is 484 g/mol. The number of aromatic nitrogens is 1. The van der Waals surface area contributed by atoms with Gasteiger partial charge in [-0.15, -0.1) is 11.3 Å². The molecule has 0 amide bonds. The molecule has 3 heterocycles. The van der Waals surface area contributed by atoms with Crippen LogP contribution in [-0.2, 0) is 22.9 Å². The standard InChI is InChI=1S/C30H32N2O2S2/c1-20-7-9-22(10-8-20)26-19-27(31-30-29(26)25-5-3-4-6-28(25)35-30)23-11-13-24(14-12-23)36(33,34)32-17-15-21(2)16-18-32/h7-14,19,21H,3-6,15-18H2,1-2H3. The third-order valence-electron chi connectivity index (χ3n) is 7.82. The van der Waals surface area contributed by atoms with Crippen molar-refractivity contribution in [3.63, 3.8) is 0 Å². The predicted octanol–water partition coefficient (Wildman–Crippen LogP) is 7.24. The second-order valence-electron chi connectivity index (χ2n) is 10.4. The Morgan fingerprint density at radius 3 is 2.31 bits per heavy atom. The average Bonchev–Trinajstić information content (AvgIpc) is 3.28. The number of rotatable bonds is 4. The zero-order valence-corrected chi connectivity index (χ0v) is 22.6. The SMILES string of the molecule is Cc1ccc(-c2cc(-c3ccc(S(=O)(=O)N4CCC(C)CC4)cc3)nc3sc4c(c23)CCCC4)cc1. The maximum atomic E-state index is 13.2. The maximum Gasteiger partial charge on any atom is 0.243 e. The Bertz CT molecular complexity index is 1510. The molecule has 4 aromatic rings. The first-order valence-corrected chi connectivity index (χ1v) is 15.3. The highest BCUT2D eigenvalue weighted by Gasteiger charge is 2.28. The Hall–Kier alpha value is -2.54. The highest BCUT2D eigenvalue weighted by Crippen LogP contribution is 2.42. The topological polar surface area (TPSA) is 50.3 Å². The molecule has 0 N–H and O–H groups in total. The molecule has 1 fully saturated rings. The van der Waals surface area contributed by atoms with Crippen LogP contribution >= 0.6 is 11.3 Å². The molecule has 6 heteroatoms. The summed E-state index contributed by atoms with van der Waals surface area (Å²) in [5, 5.41) is 1.31. The number of benzene rings is 2. The van der Waals surface area contributed by atoms with Crippen molar-refractivity contribution in [1.29, 1.82) is 0 Å². The van der Waals surface area contributed by atoms with Crippen molar-refractivity contribution in [3.8, 4) is 22.4 Å². The summed E-state index contributed by atoms with van der Waals surface area (Å²) in [4.78, 5) is 8.04. The third-order valence-corrected chi connectivity index (χ3v) is 10.9. The van der Waals surface area contributed by atoms with Gasteiger partial charge in [0.2, 0.25) is 10.0 Å². The summed E-state index contributed by atoms with van der Waals surface area (Å²) in [5.74, 6) is 0.588. The minimum atomic E-state index is -3.46. The molecule has 0 unspecified atom stereocenters. The lowest BCUT2D eigenvalue weighted by Gasteiger charge is -2.29. The molecule has 0 spiro atoms. The van der Waals surface area contributed by atoms with Gasteiger partial charge in [-0.25, -0.2) is 13.4 Å². The monoisotopic (exact) mass is 516 g/mol. The fraction of sp³-hybridized carbons (Fsp3) is 0.367. The lowest BCUT2D eigenvalue weighted by Crippen LogP contribution is -2.37. The van der Waals surface area contributed by atoms with Crippen molar-refractivity contribution in [2.45, 2.75) is 57.3 Å². The summed E-state index contributed by atoms with van der Waals surface area (Å²) in [6, 6.07) is 18.3. The van der Waals surface area contributed by atoms with Crippen molar-refractivity contribution >= 4 is 31.6 Å². The van der Waals surface area contributed by atoms with Crippen LogP contribution in [0.2, 0.25) is 0 Å². The minimum absolute atomic E-state index is 0.368. The molecule has 1 aliphatic heterocycles. The van der Waals surface area contributed by atoms with E-state index in [2.05, 4.69) is 44.2 Å². The quantitative estimate of drug-likeness (QED) is 0.287. The van der Waals surface area contributed by atoms with Crippen LogP contribution in [0.5, 0.6) is 0 Å². The molecule has 186 valence electrons. The van der Waals surface area contributed by atoms with Gasteiger partial charge >= 0.3 is 0 Å². The number of sulfonamides is 1. The van der Waals surface area contributed by atoms with Crippen molar-refractivity contribution in [1.82, 2.24) is 9.29 Å². The van der Waals surface area contributed by atoms with Gasteiger partial charge in [0.1, 0.15) is 4.83 Å². The molecular formula is C30H32N2O2S2. The van der Waals surface area contributed by atoms with Gasteiger partial charge in [0, 0.05) is 28.9 Å². The van der Waals surface area contributed by atoms with E-state index < -0.39 is 10.0 Å². The van der Waals surface area contributed by atoms with Crippen molar-refractivity contribution in [3.05, 3.63) is 70.6 Å². The number of hydrogen-bond acceptors (Lipinski definition) is 4. The molecule has 1 saturated heterocycles. The van der Waals surface area contributed by atoms with Crippen LogP contribution in [0.15, 0.2) is 59.5 Å². The number of aryl methyl sites for hydroxylation is 3. The summed E-state index contributed by atoms with van der Waals surface area (Å²) in [6.07, 6.45) is 6.60. The van der Waals surface area contributed by atoms with E-state index >= 15 is 0 Å².